The van der Waals surface area contributed by atoms with Crippen molar-refractivity contribution >= 4 is 15.9 Å². The van der Waals surface area contributed by atoms with E-state index < -0.39 is 16.1 Å². The summed E-state index contributed by atoms with van der Waals surface area (Å²) in [5.74, 6) is 1.17. The SMILES string of the molecule is CC(C)c1noc(CCCNC(=O)C2CCCN2S(=O)(=O)c2ccccc2)n1. The van der Waals surface area contributed by atoms with Crippen LogP contribution in [0.3, 0.4) is 0 Å². The number of hydrogen-bond donors (Lipinski definition) is 1. The Balaban J connectivity index is 1.53. The Morgan fingerprint density at radius 3 is 2.75 bits per heavy atom. The fourth-order valence-electron chi connectivity index (χ4n) is 3.19. The van der Waals surface area contributed by atoms with Crippen LogP contribution in [0.2, 0.25) is 0 Å². The van der Waals surface area contributed by atoms with E-state index in [0.717, 1.165) is 0 Å². The zero-order valence-corrected chi connectivity index (χ0v) is 17.0. The van der Waals surface area contributed by atoms with Gasteiger partial charge in [0.2, 0.25) is 21.8 Å². The van der Waals surface area contributed by atoms with Crippen LogP contribution in [0.5, 0.6) is 0 Å². The number of amides is 1. The molecule has 28 heavy (non-hydrogen) atoms. The number of nitrogens with one attached hydrogen (secondary N) is 1. The molecule has 1 fully saturated rings. The Labute approximate surface area is 165 Å². The van der Waals surface area contributed by atoms with E-state index >= 15 is 0 Å². The Morgan fingerprint density at radius 1 is 1.32 bits per heavy atom. The van der Waals surface area contributed by atoms with Crippen LogP contribution in [0.4, 0.5) is 0 Å². The second-order valence-electron chi connectivity index (χ2n) is 7.18. The van der Waals surface area contributed by atoms with Crippen LogP contribution in [0, 0.1) is 0 Å². The van der Waals surface area contributed by atoms with E-state index in [1.165, 1.54) is 4.31 Å². The van der Waals surface area contributed by atoms with Gasteiger partial charge in [0.05, 0.1) is 4.90 Å². The van der Waals surface area contributed by atoms with Crippen molar-refractivity contribution < 1.29 is 17.7 Å². The second-order valence-corrected chi connectivity index (χ2v) is 9.07. The molecule has 1 aromatic heterocycles. The molecule has 152 valence electrons. The third-order valence-electron chi connectivity index (χ3n) is 4.72. The minimum atomic E-state index is -3.67. The van der Waals surface area contributed by atoms with Gasteiger partial charge in [-0.3, -0.25) is 4.79 Å². The molecule has 1 atom stereocenters. The molecule has 0 bridgehead atoms. The first-order valence-electron chi connectivity index (χ1n) is 9.56. The average Bonchev–Trinajstić information content (AvgIpc) is 3.35. The van der Waals surface area contributed by atoms with E-state index in [1.807, 2.05) is 13.8 Å². The van der Waals surface area contributed by atoms with Crippen molar-refractivity contribution in [2.75, 3.05) is 13.1 Å². The number of nitrogens with zero attached hydrogens (tertiary/aromatic N) is 3. The van der Waals surface area contributed by atoms with Gasteiger partial charge < -0.3 is 9.84 Å². The van der Waals surface area contributed by atoms with E-state index in [2.05, 4.69) is 15.5 Å². The smallest absolute Gasteiger partial charge is 0.243 e. The molecule has 2 heterocycles. The highest BCUT2D eigenvalue weighted by Crippen LogP contribution is 2.26. The molecular formula is C19H26N4O4S. The summed E-state index contributed by atoms with van der Waals surface area (Å²) in [6, 6.07) is 7.57. The first kappa shape index (κ1) is 20.5. The lowest BCUT2D eigenvalue weighted by Gasteiger charge is -2.23. The number of sulfonamides is 1. The minimum Gasteiger partial charge on any atom is -0.355 e. The fourth-order valence-corrected chi connectivity index (χ4v) is 4.87. The second kappa shape index (κ2) is 8.83. The number of aromatic nitrogens is 2. The van der Waals surface area contributed by atoms with Crippen molar-refractivity contribution in [2.24, 2.45) is 0 Å². The van der Waals surface area contributed by atoms with Gasteiger partial charge in [-0.05, 0) is 31.4 Å². The van der Waals surface area contributed by atoms with Gasteiger partial charge in [0, 0.05) is 25.4 Å². The molecule has 1 aliphatic heterocycles. The van der Waals surface area contributed by atoms with Crippen LogP contribution in [-0.4, -0.2) is 47.9 Å². The number of aryl methyl sites for hydroxylation is 1. The molecule has 9 heteroatoms. The van der Waals surface area contributed by atoms with Crippen LogP contribution in [0.25, 0.3) is 0 Å². The highest BCUT2D eigenvalue weighted by Gasteiger charge is 2.39. The molecule has 0 saturated carbocycles. The Morgan fingerprint density at radius 2 is 2.07 bits per heavy atom. The molecule has 0 radical (unpaired) electrons. The minimum absolute atomic E-state index is 0.206. The average molecular weight is 407 g/mol. The van der Waals surface area contributed by atoms with Crippen LogP contribution in [0.15, 0.2) is 39.8 Å². The highest BCUT2D eigenvalue weighted by atomic mass is 32.2. The van der Waals surface area contributed by atoms with Gasteiger partial charge in [0.15, 0.2) is 5.82 Å². The molecule has 0 aliphatic carbocycles. The molecule has 1 aliphatic rings. The molecule has 1 unspecified atom stereocenters. The molecule has 1 amide bonds. The van der Waals surface area contributed by atoms with Crippen LogP contribution >= 0.6 is 0 Å². The molecule has 0 spiro atoms. The van der Waals surface area contributed by atoms with E-state index in [0.29, 0.717) is 50.5 Å². The number of carbonyl (C=O) groups is 1. The summed E-state index contributed by atoms with van der Waals surface area (Å²) >= 11 is 0. The van der Waals surface area contributed by atoms with E-state index in [9.17, 15) is 13.2 Å². The summed E-state index contributed by atoms with van der Waals surface area (Å²) in [7, 11) is -3.67. The quantitative estimate of drug-likeness (QED) is 0.673. The third kappa shape index (κ3) is 4.59. The lowest BCUT2D eigenvalue weighted by Crippen LogP contribution is -2.46. The van der Waals surface area contributed by atoms with Crippen molar-refractivity contribution in [2.45, 2.75) is 56.4 Å². The zero-order valence-electron chi connectivity index (χ0n) is 16.2. The largest absolute Gasteiger partial charge is 0.355 e. The molecule has 2 aromatic rings. The molecule has 1 aromatic carbocycles. The van der Waals surface area contributed by atoms with Gasteiger partial charge in [0.25, 0.3) is 0 Å². The molecule has 1 saturated heterocycles. The highest BCUT2D eigenvalue weighted by molar-refractivity contribution is 7.89. The topological polar surface area (TPSA) is 105 Å². The molecule has 1 N–H and O–H groups in total. The fraction of sp³-hybridized carbons (Fsp3) is 0.526. The Kier molecular flexibility index (Phi) is 6.46. The van der Waals surface area contributed by atoms with Gasteiger partial charge in [-0.25, -0.2) is 8.42 Å². The monoisotopic (exact) mass is 406 g/mol. The predicted molar refractivity (Wildman–Crippen MR) is 103 cm³/mol. The Hall–Kier alpha value is -2.26. The van der Waals surface area contributed by atoms with Crippen LogP contribution in [0.1, 0.15) is 50.7 Å². The summed E-state index contributed by atoms with van der Waals surface area (Å²) in [6.07, 6.45) is 2.41. The van der Waals surface area contributed by atoms with Crippen LogP contribution < -0.4 is 5.32 Å². The van der Waals surface area contributed by atoms with Crippen molar-refractivity contribution in [3.8, 4) is 0 Å². The summed E-state index contributed by atoms with van der Waals surface area (Å²) in [5, 5.41) is 6.75. The van der Waals surface area contributed by atoms with Crippen LogP contribution in [-0.2, 0) is 21.2 Å². The predicted octanol–water partition coefficient (Wildman–Crippen LogP) is 2.10. The zero-order chi connectivity index (χ0) is 20.1. The molecule has 8 nitrogen and oxygen atoms in total. The number of rotatable bonds is 8. The number of carbonyl (C=O) groups excluding carboxylic acids is 1. The first-order chi connectivity index (χ1) is 13.4. The van der Waals surface area contributed by atoms with E-state index in [4.69, 9.17) is 4.52 Å². The van der Waals surface area contributed by atoms with Crippen molar-refractivity contribution in [3.63, 3.8) is 0 Å². The first-order valence-corrected chi connectivity index (χ1v) is 11.0. The number of hydrogen-bond acceptors (Lipinski definition) is 6. The summed E-state index contributed by atoms with van der Waals surface area (Å²) < 4.78 is 32.2. The lowest BCUT2D eigenvalue weighted by molar-refractivity contribution is -0.124. The third-order valence-corrected chi connectivity index (χ3v) is 6.65. The van der Waals surface area contributed by atoms with Crippen molar-refractivity contribution in [1.82, 2.24) is 19.8 Å². The Bertz CT molecular complexity index is 896. The maximum absolute atomic E-state index is 12.8. The normalized spacial score (nSPS) is 17.9. The van der Waals surface area contributed by atoms with Crippen molar-refractivity contribution in [1.29, 1.82) is 0 Å². The summed E-state index contributed by atoms with van der Waals surface area (Å²) in [5.41, 5.74) is 0. The van der Waals surface area contributed by atoms with Gasteiger partial charge in [0.1, 0.15) is 6.04 Å². The summed E-state index contributed by atoms with van der Waals surface area (Å²) in [6.45, 7) is 4.76. The van der Waals surface area contributed by atoms with Crippen molar-refractivity contribution in [3.05, 3.63) is 42.0 Å². The maximum atomic E-state index is 12.8. The molecular weight excluding hydrogens is 380 g/mol. The van der Waals surface area contributed by atoms with E-state index in [-0.39, 0.29) is 16.7 Å². The van der Waals surface area contributed by atoms with E-state index in [1.54, 1.807) is 30.3 Å². The van der Waals surface area contributed by atoms with Gasteiger partial charge in [-0.15, -0.1) is 0 Å². The van der Waals surface area contributed by atoms with Gasteiger partial charge in [-0.1, -0.05) is 37.2 Å². The van der Waals surface area contributed by atoms with Gasteiger partial charge >= 0.3 is 0 Å². The standard InChI is InChI=1S/C19H26N4O4S/c1-14(2)18-21-17(27-22-18)11-6-12-20-19(24)16-10-7-13-23(16)28(25,26)15-8-4-3-5-9-15/h3-5,8-9,14,16H,6-7,10-13H2,1-2H3,(H,20,24). The molecule has 3 rings (SSSR count). The number of benzene rings is 1. The summed E-state index contributed by atoms with van der Waals surface area (Å²) in [4.78, 5) is 17.1. The lowest BCUT2D eigenvalue weighted by atomic mass is 10.2. The maximum Gasteiger partial charge on any atom is 0.243 e. The van der Waals surface area contributed by atoms with Gasteiger partial charge in [-0.2, -0.15) is 9.29 Å².